The Kier molecular flexibility index (Phi) is 5.01. The molecule has 0 spiro atoms. The first-order valence-electron chi connectivity index (χ1n) is 8.58. The molecule has 3 rings (SSSR count). The Morgan fingerprint density at radius 1 is 1.38 bits per heavy atom. The fraction of sp³-hybridized carbons (Fsp3) is 0.444. The van der Waals surface area contributed by atoms with Crippen molar-refractivity contribution in [3.63, 3.8) is 0 Å². The van der Waals surface area contributed by atoms with Gasteiger partial charge in [-0.1, -0.05) is 24.3 Å². The van der Waals surface area contributed by atoms with Gasteiger partial charge >= 0.3 is 5.97 Å². The number of carboxylic acid groups (broad SMARTS) is 1. The maximum Gasteiger partial charge on any atom is 0.329 e. The minimum absolute atomic E-state index is 0.0423. The summed E-state index contributed by atoms with van der Waals surface area (Å²) in [6.45, 7) is 2.34. The van der Waals surface area contributed by atoms with Crippen LogP contribution in [0.25, 0.3) is 0 Å². The van der Waals surface area contributed by atoms with Crippen LogP contribution in [0.15, 0.2) is 30.5 Å². The first-order chi connectivity index (χ1) is 12.4. The number of carbonyl (C=O) groups excluding carboxylic acids is 1. The van der Waals surface area contributed by atoms with Crippen LogP contribution < -0.4 is 5.32 Å². The second-order valence-electron chi connectivity index (χ2n) is 6.96. The molecule has 0 bridgehead atoms. The van der Waals surface area contributed by atoms with Gasteiger partial charge in [0.2, 0.25) is 0 Å². The molecule has 0 saturated heterocycles. The summed E-state index contributed by atoms with van der Waals surface area (Å²) >= 11 is 0. The molecule has 1 saturated carbocycles. The third-order valence-electron chi connectivity index (χ3n) is 4.89. The van der Waals surface area contributed by atoms with Gasteiger partial charge in [0, 0.05) is 0 Å². The van der Waals surface area contributed by atoms with Gasteiger partial charge in [-0.05, 0) is 49.3 Å². The quantitative estimate of drug-likeness (QED) is 0.852. The second kappa shape index (κ2) is 7.23. The number of aromatic nitrogens is 3. The maximum atomic E-state index is 13.2. The predicted octanol–water partition coefficient (Wildman–Crippen LogP) is 2.23. The molecule has 2 N–H and O–H groups in total. The van der Waals surface area contributed by atoms with Crippen molar-refractivity contribution in [3.8, 4) is 0 Å². The van der Waals surface area contributed by atoms with Crippen molar-refractivity contribution < 1.29 is 19.1 Å². The molecule has 1 aromatic heterocycles. The molecule has 138 valence electrons. The highest BCUT2D eigenvalue weighted by Crippen LogP contribution is 2.32. The zero-order valence-corrected chi connectivity index (χ0v) is 14.5. The summed E-state index contributed by atoms with van der Waals surface area (Å²) in [4.78, 5) is 24.2. The van der Waals surface area contributed by atoms with E-state index >= 15 is 0 Å². The summed E-state index contributed by atoms with van der Waals surface area (Å²) in [5.41, 5.74) is -0.526. The van der Waals surface area contributed by atoms with Gasteiger partial charge in [-0.15, -0.1) is 5.10 Å². The third-order valence-corrected chi connectivity index (χ3v) is 4.89. The molecule has 8 heteroatoms. The van der Waals surface area contributed by atoms with Gasteiger partial charge in [-0.2, -0.15) is 0 Å². The van der Waals surface area contributed by atoms with Crippen molar-refractivity contribution in [2.24, 2.45) is 5.92 Å². The average Bonchev–Trinajstić information content (AvgIpc) is 3.05. The summed E-state index contributed by atoms with van der Waals surface area (Å²) in [6, 6.07) is 6.06. The standard InChI is InChI=1S/C18H21FN4O3/c1-12-5-7-18(8-6-12,17(25)26)20-16(24)15-11-23(22-21-15)10-13-3-2-4-14(19)9-13/h2-4,9,11-12H,5-8,10H2,1H3,(H,20,24)(H,25,26). The Hall–Kier alpha value is -2.77. The monoisotopic (exact) mass is 360 g/mol. The van der Waals surface area contributed by atoms with E-state index in [0.29, 0.717) is 24.3 Å². The zero-order valence-electron chi connectivity index (χ0n) is 14.5. The number of carbonyl (C=O) groups is 2. The van der Waals surface area contributed by atoms with Crippen LogP contribution in [0.1, 0.15) is 48.7 Å². The van der Waals surface area contributed by atoms with E-state index in [1.807, 2.05) is 0 Å². The van der Waals surface area contributed by atoms with Crippen LogP contribution in [-0.4, -0.2) is 37.5 Å². The summed E-state index contributed by atoms with van der Waals surface area (Å²) in [7, 11) is 0. The Labute approximate surface area is 150 Å². The number of amides is 1. The van der Waals surface area contributed by atoms with Crippen LogP contribution in [0.5, 0.6) is 0 Å². The van der Waals surface area contributed by atoms with Crippen LogP contribution in [0.4, 0.5) is 4.39 Å². The molecule has 1 aliphatic carbocycles. The Morgan fingerprint density at radius 3 is 2.77 bits per heavy atom. The largest absolute Gasteiger partial charge is 0.480 e. The van der Waals surface area contributed by atoms with E-state index in [9.17, 15) is 19.1 Å². The maximum absolute atomic E-state index is 13.2. The lowest BCUT2D eigenvalue weighted by Crippen LogP contribution is -2.56. The van der Waals surface area contributed by atoms with Crippen molar-refractivity contribution >= 4 is 11.9 Å². The van der Waals surface area contributed by atoms with Crippen molar-refractivity contribution in [3.05, 3.63) is 47.5 Å². The van der Waals surface area contributed by atoms with Crippen LogP contribution in [0.3, 0.4) is 0 Å². The molecule has 2 aromatic rings. The number of hydrogen-bond acceptors (Lipinski definition) is 4. The number of rotatable bonds is 5. The number of carboxylic acids is 1. The fourth-order valence-electron chi connectivity index (χ4n) is 3.23. The van der Waals surface area contributed by atoms with E-state index in [1.54, 1.807) is 12.1 Å². The van der Waals surface area contributed by atoms with Gasteiger partial charge < -0.3 is 10.4 Å². The zero-order chi connectivity index (χ0) is 18.7. The Balaban J connectivity index is 1.70. The highest BCUT2D eigenvalue weighted by Gasteiger charge is 2.43. The summed E-state index contributed by atoms with van der Waals surface area (Å²) in [6.07, 6.45) is 3.72. The Morgan fingerprint density at radius 2 is 2.12 bits per heavy atom. The molecule has 0 atom stereocenters. The number of nitrogens with one attached hydrogen (secondary N) is 1. The van der Waals surface area contributed by atoms with Gasteiger partial charge in [0.1, 0.15) is 11.4 Å². The third kappa shape index (κ3) is 3.89. The molecule has 7 nitrogen and oxygen atoms in total. The van der Waals surface area contributed by atoms with Gasteiger partial charge in [0.15, 0.2) is 5.69 Å². The number of hydrogen-bond donors (Lipinski definition) is 2. The topological polar surface area (TPSA) is 97.1 Å². The highest BCUT2D eigenvalue weighted by molar-refractivity contribution is 5.96. The van der Waals surface area contributed by atoms with Crippen molar-refractivity contribution in [1.29, 1.82) is 0 Å². The first kappa shape index (κ1) is 18.0. The molecule has 1 fully saturated rings. The van der Waals surface area contributed by atoms with Crippen molar-refractivity contribution in [2.75, 3.05) is 0 Å². The molecule has 1 amide bonds. The molecule has 0 aliphatic heterocycles. The molecule has 0 unspecified atom stereocenters. The van der Waals surface area contributed by atoms with E-state index < -0.39 is 17.4 Å². The average molecular weight is 360 g/mol. The Bertz CT molecular complexity index is 812. The molecule has 1 aromatic carbocycles. The van der Waals surface area contributed by atoms with E-state index in [4.69, 9.17) is 0 Å². The lowest BCUT2D eigenvalue weighted by molar-refractivity contribution is -0.146. The van der Waals surface area contributed by atoms with Gasteiger partial charge in [0.05, 0.1) is 12.7 Å². The minimum Gasteiger partial charge on any atom is -0.480 e. The van der Waals surface area contributed by atoms with E-state index in [2.05, 4.69) is 22.6 Å². The minimum atomic E-state index is -1.25. The summed E-state index contributed by atoms with van der Waals surface area (Å²) < 4.78 is 14.7. The number of aliphatic carboxylic acids is 1. The molecule has 1 aliphatic rings. The molecular formula is C18H21FN4O3. The van der Waals surface area contributed by atoms with Crippen molar-refractivity contribution in [2.45, 2.75) is 44.7 Å². The second-order valence-corrected chi connectivity index (χ2v) is 6.96. The summed E-state index contributed by atoms with van der Waals surface area (Å²) in [5, 5.41) is 19.9. The van der Waals surface area contributed by atoms with Crippen LogP contribution >= 0.6 is 0 Å². The van der Waals surface area contributed by atoms with E-state index in [1.165, 1.54) is 23.0 Å². The smallest absolute Gasteiger partial charge is 0.329 e. The van der Waals surface area contributed by atoms with Gasteiger partial charge in [-0.25, -0.2) is 13.9 Å². The van der Waals surface area contributed by atoms with Crippen LogP contribution in [0, 0.1) is 11.7 Å². The predicted molar refractivity (Wildman–Crippen MR) is 91.0 cm³/mol. The van der Waals surface area contributed by atoms with Crippen molar-refractivity contribution in [1.82, 2.24) is 20.3 Å². The number of halogens is 1. The normalized spacial score (nSPS) is 22.8. The highest BCUT2D eigenvalue weighted by atomic mass is 19.1. The lowest BCUT2D eigenvalue weighted by atomic mass is 9.77. The fourth-order valence-corrected chi connectivity index (χ4v) is 3.23. The molecule has 26 heavy (non-hydrogen) atoms. The number of nitrogens with zero attached hydrogens (tertiary/aromatic N) is 3. The lowest BCUT2D eigenvalue weighted by Gasteiger charge is -2.36. The molecular weight excluding hydrogens is 339 g/mol. The number of benzene rings is 1. The van der Waals surface area contributed by atoms with Gasteiger partial charge in [0.25, 0.3) is 5.91 Å². The van der Waals surface area contributed by atoms with E-state index in [-0.39, 0.29) is 18.1 Å². The molecule has 0 radical (unpaired) electrons. The van der Waals surface area contributed by atoms with Gasteiger partial charge in [-0.3, -0.25) is 4.79 Å². The first-order valence-corrected chi connectivity index (χ1v) is 8.58. The SMILES string of the molecule is CC1CCC(NC(=O)c2cn(Cc3cccc(F)c3)nn2)(C(=O)O)CC1. The molecule has 1 heterocycles. The van der Waals surface area contributed by atoms with Crippen LogP contribution in [-0.2, 0) is 11.3 Å². The van der Waals surface area contributed by atoms with E-state index in [0.717, 1.165) is 12.8 Å². The summed E-state index contributed by atoms with van der Waals surface area (Å²) in [5.74, 6) is -1.49. The van der Waals surface area contributed by atoms with Crippen LogP contribution in [0.2, 0.25) is 0 Å².